The smallest absolute Gasteiger partial charge is 0.323 e. The van der Waals surface area contributed by atoms with E-state index >= 15 is 0 Å². The summed E-state index contributed by atoms with van der Waals surface area (Å²) in [6.07, 6.45) is -5.41. The van der Waals surface area contributed by atoms with Crippen molar-refractivity contribution in [3.63, 3.8) is 0 Å². The van der Waals surface area contributed by atoms with Crippen LogP contribution in [0.15, 0.2) is 66.7 Å². The molecule has 0 fully saturated rings. The second-order valence-corrected chi connectivity index (χ2v) is 13.0. The van der Waals surface area contributed by atoms with Crippen molar-refractivity contribution in [2.75, 3.05) is 4.90 Å². The molecule has 0 amide bonds. The van der Waals surface area contributed by atoms with E-state index < -0.39 is 29.5 Å². The van der Waals surface area contributed by atoms with Crippen LogP contribution in [0.25, 0.3) is 11.6 Å². The topological polar surface area (TPSA) is 46.8 Å². The van der Waals surface area contributed by atoms with Crippen LogP contribution in [0, 0.1) is 31.2 Å². The Labute approximate surface area is 278 Å². The summed E-state index contributed by atoms with van der Waals surface area (Å²) >= 11 is 0. The van der Waals surface area contributed by atoms with Crippen LogP contribution in [0.1, 0.15) is 69.0 Å². The fourth-order valence-electron chi connectivity index (χ4n) is 7.40. The quantitative estimate of drug-likeness (QED) is 0.181. The first-order chi connectivity index (χ1) is 23.2. The second kappa shape index (κ2) is 11.9. The van der Waals surface area contributed by atoms with Gasteiger partial charge in [-0.05, 0) is 124 Å². The molecule has 0 saturated carbocycles. The zero-order valence-corrected chi connectivity index (χ0v) is 27.3. The van der Waals surface area contributed by atoms with Crippen LogP contribution in [0.5, 0.6) is 0 Å². The van der Waals surface area contributed by atoms with Gasteiger partial charge in [-0.2, -0.15) is 31.1 Å². The van der Waals surface area contributed by atoms with E-state index in [0.717, 1.165) is 85.7 Å². The van der Waals surface area contributed by atoms with Gasteiger partial charge in [0.2, 0.25) is 0 Å². The molecule has 2 aliphatic rings. The number of hydrogen-bond donors (Lipinski definition) is 0. The Kier molecular flexibility index (Phi) is 7.91. The summed E-state index contributed by atoms with van der Waals surface area (Å²) in [5.74, 6) is 0.0881. The van der Waals surface area contributed by atoms with Gasteiger partial charge in [0.05, 0.1) is 24.2 Å². The Bertz CT molecular complexity index is 2310. The standard InChI is InChI=1S/C38H33F6N5/c1-21-7-5-8-25(14-21)28-9-6-10-30-29(28)11-12-31-33-15-22(2)13-23(3)32(33)19-34(35(30)31)49(36-45-47-48(4)46-36)20-24-16-26(37(39,40)41)18-27(17-24)38(42,43)44/h5,7-8,11-19,34H,6,9-10,20H2,1-4H3. The molecule has 0 N–H and O–H groups in total. The lowest BCUT2D eigenvalue weighted by atomic mass is 9.81. The van der Waals surface area contributed by atoms with Crippen molar-refractivity contribution in [1.82, 2.24) is 20.2 Å². The number of benzene rings is 4. The molecule has 7 rings (SSSR count). The average molecular weight is 674 g/mol. The van der Waals surface area contributed by atoms with Gasteiger partial charge in [0, 0.05) is 6.54 Å². The molecule has 49 heavy (non-hydrogen) atoms. The Morgan fingerprint density at radius 2 is 1.51 bits per heavy atom. The molecule has 11 heteroatoms. The number of hydrogen-bond acceptors (Lipinski definition) is 4. The number of fused-ring (bicyclic) bond motifs is 4. The van der Waals surface area contributed by atoms with Gasteiger partial charge in [0.15, 0.2) is 0 Å². The SMILES string of the molecule is Cc1cccc(C2=c3ccc4c(c3CCC2)C(N(Cc2cc(C(F)(F)F)cc(C(F)(F)F)c2)c2nnn(C)n2)C=c2c(C)cc(C)cc2=4)c1. The van der Waals surface area contributed by atoms with E-state index in [1.807, 2.05) is 26.0 Å². The summed E-state index contributed by atoms with van der Waals surface area (Å²) in [6, 6.07) is 17.9. The maximum absolute atomic E-state index is 14.0. The van der Waals surface area contributed by atoms with Gasteiger partial charge in [-0.25, -0.2) is 0 Å². The molecule has 2 aliphatic carbocycles. The monoisotopic (exact) mass is 673 g/mol. The average Bonchev–Trinajstić information content (AvgIpc) is 3.47. The van der Waals surface area contributed by atoms with Crippen molar-refractivity contribution in [3.8, 4) is 0 Å². The van der Waals surface area contributed by atoms with Crippen LogP contribution in [0.3, 0.4) is 0 Å². The Morgan fingerprint density at radius 3 is 2.16 bits per heavy atom. The van der Waals surface area contributed by atoms with E-state index in [1.165, 1.54) is 10.4 Å². The van der Waals surface area contributed by atoms with Crippen molar-refractivity contribution in [2.24, 2.45) is 7.05 Å². The number of halogens is 6. The van der Waals surface area contributed by atoms with Gasteiger partial charge >= 0.3 is 12.4 Å². The number of tetrazole rings is 1. The van der Waals surface area contributed by atoms with Crippen LogP contribution < -0.4 is 15.3 Å². The van der Waals surface area contributed by atoms with Gasteiger partial charge in [-0.1, -0.05) is 64.8 Å². The normalized spacial score (nSPS) is 15.7. The summed E-state index contributed by atoms with van der Waals surface area (Å²) in [5.41, 5.74) is 4.67. The van der Waals surface area contributed by atoms with Gasteiger partial charge in [0.1, 0.15) is 0 Å². The van der Waals surface area contributed by atoms with Gasteiger partial charge < -0.3 is 4.90 Å². The number of aryl methyl sites for hydroxylation is 4. The van der Waals surface area contributed by atoms with Gasteiger partial charge in [-0.15, -0.1) is 5.10 Å². The second-order valence-electron chi connectivity index (χ2n) is 13.0. The molecule has 1 unspecified atom stereocenters. The molecular formula is C38H33F6N5. The maximum atomic E-state index is 14.0. The first-order valence-corrected chi connectivity index (χ1v) is 16.0. The summed E-state index contributed by atoms with van der Waals surface area (Å²) in [6.45, 7) is 5.75. The van der Waals surface area contributed by atoms with Crippen LogP contribution in [-0.2, 0) is 32.4 Å². The number of rotatable bonds is 5. The Morgan fingerprint density at radius 1 is 0.796 bits per heavy atom. The molecule has 0 saturated heterocycles. The van der Waals surface area contributed by atoms with Crippen LogP contribution in [-0.4, -0.2) is 20.2 Å². The highest BCUT2D eigenvalue weighted by molar-refractivity contribution is 5.69. The van der Waals surface area contributed by atoms with Crippen LogP contribution >= 0.6 is 0 Å². The first-order valence-electron chi connectivity index (χ1n) is 16.0. The van der Waals surface area contributed by atoms with Gasteiger partial charge in [0.25, 0.3) is 5.95 Å². The third kappa shape index (κ3) is 6.11. The molecule has 252 valence electrons. The Hall–Kier alpha value is -4.93. The molecule has 0 spiro atoms. The predicted molar refractivity (Wildman–Crippen MR) is 175 cm³/mol. The molecule has 1 heterocycles. The third-order valence-electron chi connectivity index (χ3n) is 9.43. The van der Waals surface area contributed by atoms with Crippen molar-refractivity contribution in [3.05, 3.63) is 138 Å². The summed E-state index contributed by atoms with van der Waals surface area (Å²) in [4.78, 5) is 2.90. The fraction of sp³-hybridized carbons (Fsp3) is 0.289. The van der Waals surface area contributed by atoms with Crippen LogP contribution in [0.4, 0.5) is 32.3 Å². The Balaban J connectivity index is 1.53. The lowest BCUT2D eigenvalue weighted by Gasteiger charge is -2.34. The molecule has 5 aromatic rings. The molecule has 4 aromatic carbocycles. The minimum atomic E-state index is -4.98. The van der Waals surface area contributed by atoms with E-state index in [1.54, 1.807) is 11.9 Å². The zero-order chi connectivity index (χ0) is 34.8. The summed E-state index contributed by atoms with van der Waals surface area (Å²) < 4.78 is 83.7. The van der Waals surface area contributed by atoms with E-state index in [9.17, 15) is 26.3 Å². The molecular weight excluding hydrogens is 640 g/mol. The first kappa shape index (κ1) is 32.6. The number of aromatic nitrogens is 4. The van der Waals surface area contributed by atoms with Crippen molar-refractivity contribution in [1.29, 1.82) is 0 Å². The van der Waals surface area contributed by atoms with Crippen molar-refractivity contribution >= 4 is 17.6 Å². The van der Waals surface area contributed by atoms with E-state index in [4.69, 9.17) is 0 Å². The molecule has 1 atom stereocenters. The zero-order valence-electron chi connectivity index (χ0n) is 27.3. The highest BCUT2D eigenvalue weighted by Gasteiger charge is 2.38. The minimum Gasteiger partial charge on any atom is -0.323 e. The molecule has 5 nitrogen and oxygen atoms in total. The minimum absolute atomic E-state index is 0.0881. The summed E-state index contributed by atoms with van der Waals surface area (Å²) in [7, 11) is 1.56. The maximum Gasteiger partial charge on any atom is 0.416 e. The number of anilines is 1. The highest BCUT2D eigenvalue weighted by Crippen LogP contribution is 2.39. The molecule has 0 aliphatic heterocycles. The van der Waals surface area contributed by atoms with E-state index in [0.29, 0.717) is 0 Å². The summed E-state index contributed by atoms with van der Waals surface area (Å²) in [5, 5.41) is 16.7. The lowest BCUT2D eigenvalue weighted by molar-refractivity contribution is -0.143. The largest absolute Gasteiger partial charge is 0.416 e. The number of nitrogens with zero attached hydrogens (tertiary/aromatic N) is 5. The lowest BCUT2D eigenvalue weighted by Crippen LogP contribution is -2.35. The van der Waals surface area contributed by atoms with E-state index in [2.05, 4.69) is 64.8 Å². The number of alkyl halides is 6. The predicted octanol–water partition coefficient (Wildman–Crippen LogP) is 7.54. The van der Waals surface area contributed by atoms with Crippen LogP contribution in [0.2, 0.25) is 0 Å². The van der Waals surface area contributed by atoms with E-state index in [-0.39, 0.29) is 24.1 Å². The third-order valence-corrected chi connectivity index (χ3v) is 9.43. The van der Waals surface area contributed by atoms with Gasteiger partial charge in [-0.3, -0.25) is 0 Å². The van der Waals surface area contributed by atoms with Crippen molar-refractivity contribution in [2.45, 2.75) is 65.0 Å². The molecule has 0 radical (unpaired) electrons. The van der Waals surface area contributed by atoms with Crippen molar-refractivity contribution < 1.29 is 26.3 Å². The fourth-order valence-corrected chi connectivity index (χ4v) is 7.40. The molecule has 0 bridgehead atoms. The highest BCUT2D eigenvalue weighted by atomic mass is 19.4. The molecule has 1 aromatic heterocycles.